The van der Waals surface area contributed by atoms with Crippen LogP contribution in [0, 0.1) is 0 Å². The first-order valence-electron chi connectivity index (χ1n) is 21.2. The number of fused-ring (bicyclic) bond motifs is 4. The Morgan fingerprint density at radius 2 is 0.647 bits per heavy atom. The molecule has 0 aromatic heterocycles. The predicted octanol–water partition coefficient (Wildman–Crippen LogP) is 8.76. The molecule has 0 fully saturated rings. The van der Waals surface area contributed by atoms with Gasteiger partial charge in [-0.25, -0.2) is 0 Å². The molecule has 0 heterocycles. The zero-order valence-electron chi connectivity index (χ0n) is 37.4. The summed E-state index contributed by atoms with van der Waals surface area (Å²) in [5.74, 6) is -2.91. The number of carboxylic acids is 3. The maximum Gasteiger partial charge on any atom is 3.00 e. The molecular weight excluding hydrogens is 957 g/mol. The molecule has 0 aliphatic carbocycles. The molecule has 0 aliphatic rings. The van der Waals surface area contributed by atoms with Crippen molar-refractivity contribution in [3.8, 4) is 33.8 Å². The van der Waals surface area contributed by atoms with Gasteiger partial charge in [-0.3, -0.25) is 0 Å². The van der Waals surface area contributed by atoms with Crippen LogP contribution in [0.1, 0.15) is 20.8 Å². The Kier molecular flexibility index (Phi) is 18.6. The van der Waals surface area contributed by atoms with Gasteiger partial charge in [0.25, 0.3) is 0 Å². The number of aromatic hydroxyl groups is 2. The summed E-state index contributed by atoms with van der Waals surface area (Å²) in [6.07, 6.45) is 0. The molecule has 0 amide bonds. The third kappa shape index (κ3) is 13.0. The Morgan fingerprint density at radius 1 is 0.353 bits per heavy atom. The monoisotopic (exact) mass is 1000 g/mol. The summed E-state index contributed by atoms with van der Waals surface area (Å²) >= 11 is 0. The van der Waals surface area contributed by atoms with Crippen molar-refractivity contribution in [3.05, 3.63) is 212 Å². The minimum Gasteiger partial charge on any atom is -0.550 e. The molecule has 2 N–H and O–H groups in total. The van der Waals surface area contributed by atoms with E-state index in [1.165, 1.54) is 48.6 Å². The van der Waals surface area contributed by atoms with Crippen LogP contribution >= 0.6 is 7.92 Å². The number of rotatable bonds is 5. The summed E-state index contributed by atoms with van der Waals surface area (Å²) in [4.78, 5) is 26.7. The molecule has 0 aliphatic heterocycles. The molecule has 10 aromatic rings. The van der Waals surface area contributed by atoms with Gasteiger partial charge in [-0.05, 0) is 111 Å². The maximum atomic E-state index is 10.4. The molecule has 68 heavy (non-hydrogen) atoms. The Morgan fingerprint density at radius 3 is 1.04 bits per heavy atom. The van der Waals surface area contributed by atoms with Crippen molar-refractivity contribution >= 4 is 84.8 Å². The Balaban J connectivity index is 0.000000212. The van der Waals surface area contributed by atoms with Crippen LogP contribution in [-0.2, 0) is 33.9 Å². The molecule has 1 radical (unpaired) electrons. The van der Waals surface area contributed by atoms with Crippen molar-refractivity contribution in [2.75, 3.05) is 0 Å². The van der Waals surface area contributed by atoms with E-state index in [0.717, 1.165) is 42.3 Å². The van der Waals surface area contributed by atoms with E-state index in [1.807, 2.05) is 60.7 Å². The summed E-state index contributed by atoms with van der Waals surface area (Å²) in [6, 6.07) is 73.7. The number of phenols is 2. The Hall–Kier alpha value is -7.70. The first kappa shape index (κ1) is 51.3. The van der Waals surface area contributed by atoms with Gasteiger partial charge >= 0.3 is 19.5 Å². The summed E-state index contributed by atoms with van der Waals surface area (Å²) in [7, 11) is -0.719. The van der Waals surface area contributed by atoms with Gasteiger partial charge in [0.15, 0.2) is 0 Å². The minimum absolute atomic E-state index is 0. The van der Waals surface area contributed by atoms with Crippen molar-refractivity contribution in [3.63, 3.8) is 0 Å². The SMILES string of the molecule is CC(=O)[O-].CC(=O)[O-].CC(=O)[O-].Oc1ccc2ccccc2c1-c1c(O)ccc2ccccc12.[Ru+3].c1ccc(P(c2ccccc2)c2ccc3ccccc3c2-c2cccc3ccccc23)cc1. The topological polar surface area (TPSA) is 161 Å². The van der Waals surface area contributed by atoms with E-state index in [-0.39, 0.29) is 31.0 Å². The van der Waals surface area contributed by atoms with Crippen LogP contribution in [0.15, 0.2) is 212 Å². The summed E-state index contributed by atoms with van der Waals surface area (Å²) in [5.41, 5.74) is 4.00. The second kappa shape index (κ2) is 24.7. The molecule has 339 valence electrons. The fourth-order valence-corrected chi connectivity index (χ4v) is 10.3. The number of carboxylic acid groups (broad SMARTS) is 3. The number of carbonyl (C=O) groups is 3. The zero-order valence-corrected chi connectivity index (χ0v) is 40.0. The van der Waals surface area contributed by atoms with Crippen LogP contribution in [0.25, 0.3) is 65.3 Å². The molecule has 0 atom stereocenters. The van der Waals surface area contributed by atoms with Gasteiger partial charge in [0.1, 0.15) is 11.5 Å². The fourth-order valence-electron chi connectivity index (χ4n) is 7.80. The van der Waals surface area contributed by atoms with E-state index >= 15 is 0 Å². The van der Waals surface area contributed by atoms with Gasteiger partial charge in [0.05, 0.1) is 0 Å². The van der Waals surface area contributed by atoms with Crippen LogP contribution in [-0.4, -0.2) is 28.1 Å². The van der Waals surface area contributed by atoms with Gasteiger partial charge in [-0.2, -0.15) is 0 Å². The average molecular weight is 1000 g/mol. The fraction of sp³-hybridized carbons (Fsp3) is 0.0517. The maximum absolute atomic E-state index is 10.4. The second-order valence-corrected chi connectivity index (χ2v) is 17.2. The molecular formula is C58H46O8PRu. The summed E-state index contributed by atoms with van der Waals surface area (Å²) < 4.78 is 0. The van der Waals surface area contributed by atoms with E-state index in [9.17, 15) is 10.2 Å². The predicted molar refractivity (Wildman–Crippen MR) is 268 cm³/mol. The number of carbonyl (C=O) groups excluding carboxylic acids is 3. The van der Waals surface area contributed by atoms with Gasteiger partial charge in [0, 0.05) is 29.0 Å². The molecule has 10 heteroatoms. The number of phenolic OH excluding ortho intramolecular Hbond substituents is 2. The van der Waals surface area contributed by atoms with Crippen LogP contribution in [0.2, 0.25) is 0 Å². The molecule has 10 aromatic carbocycles. The second-order valence-electron chi connectivity index (χ2n) is 15.1. The van der Waals surface area contributed by atoms with Crippen LogP contribution in [0.5, 0.6) is 11.5 Å². The molecule has 0 saturated heterocycles. The van der Waals surface area contributed by atoms with Crippen LogP contribution < -0.4 is 31.2 Å². The zero-order chi connectivity index (χ0) is 47.9. The first-order valence-corrected chi connectivity index (χ1v) is 22.5. The van der Waals surface area contributed by atoms with E-state index in [4.69, 9.17) is 29.7 Å². The number of hydrogen-bond donors (Lipinski definition) is 2. The molecule has 0 bridgehead atoms. The Bertz CT molecular complexity index is 3140. The molecule has 10 rings (SSSR count). The van der Waals surface area contributed by atoms with Gasteiger partial charge in [-0.1, -0.05) is 200 Å². The molecule has 0 saturated carbocycles. The summed E-state index contributed by atoms with van der Waals surface area (Å²) in [5, 5.41) is 60.8. The van der Waals surface area contributed by atoms with Gasteiger partial charge in [-0.15, -0.1) is 0 Å². The van der Waals surface area contributed by atoms with E-state index < -0.39 is 25.8 Å². The smallest absolute Gasteiger partial charge is 0.550 e. The number of aliphatic carboxylic acids is 3. The standard InChI is InChI=1S/C32H23P.C20H14O2.3C2H4O2.Ru/c1-3-15-26(16-4-1)33(27-17-5-2-6-18-27)31-23-22-25-13-8-10-20-29(25)32(31)30-21-11-14-24-12-7-9-19-28(24)30;21-17-11-9-13-5-1-3-7-15(13)19(17)20-16-8-4-2-6-14(16)10-12-18(20)22;3*1-2(3)4;/h1-23H;1-12,21-22H;3*1H3,(H,3,4);/q;;;;;+3/p-3. The third-order valence-electron chi connectivity index (χ3n) is 10.3. The van der Waals surface area contributed by atoms with Crippen molar-refractivity contribution < 1.29 is 59.4 Å². The third-order valence-corrected chi connectivity index (χ3v) is 12.8. The van der Waals surface area contributed by atoms with Crippen molar-refractivity contribution in [1.82, 2.24) is 0 Å². The minimum atomic E-state index is -1.08. The summed E-state index contributed by atoms with van der Waals surface area (Å²) in [6.45, 7) is 2.92. The number of benzene rings is 10. The Labute approximate surface area is 408 Å². The first-order chi connectivity index (χ1) is 32.3. The van der Waals surface area contributed by atoms with E-state index in [1.54, 1.807) is 12.1 Å². The van der Waals surface area contributed by atoms with Crippen molar-refractivity contribution in [2.24, 2.45) is 0 Å². The number of hydrogen-bond acceptors (Lipinski definition) is 8. The van der Waals surface area contributed by atoms with Gasteiger partial charge in [0.2, 0.25) is 0 Å². The van der Waals surface area contributed by atoms with Crippen molar-refractivity contribution in [1.29, 1.82) is 0 Å². The van der Waals surface area contributed by atoms with E-state index in [2.05, 4.69) is 140 Å². The normalized spacial score (nSPS) is 10.2. The van der Waals surface area contributed by atoms with Crippen LogP contribution in [0.4, 0.5) is 0 Å². The average Bonchev–Trinajstić information content (AvgIpc) is 3.32. The molecule has 8 nitrogen and oxygen atoms in total. The molecule has 0 unspecified atom stereocenters. The van der Waals surface area contributed by atoms with Gasteiger partial charge < -0.3 is 39.9 Å². The van der Waals surface area contributed by atoms with Crippen molar-refractivity contribution in [2.45, 2.75) is 20.8 Å². The molecule has 0 spiro atoms. The quantitative estimate of drug-likeness (QED) is 0.128. The van der Waals surface area contributed by atoms with E-state index in [0.29, 0.717) is 11.1 Å². The largest absolute Gasteiger partial charge is 3.00 e. The van der Waals surface area contributed by atoms with Crippen LogP contribution in [0.3, 0.4) is 0 Å².